The highest BCUT2D eigenvalue weighted by Crippen LogP contribution is 2.32. The Morgan fingerprint density at radius 2 is 1.74 bits per heavy atom. The van der Waals surface area contributed by atoms with E-state index >= 15 is 0 Å². The average molecular weight is 513 g/mol. The Bertz CT molecular complexity index is 946. The van der Waals surface area contributed by atoms with Crippen molar-refractivity contribution in [2.24, 2.45) is 10.9 Å². The maximum atomic E-state index is 13.1. The van der Waals surface area contributed by atoms with Gasteiger partial charge in [0.25, 0.3) is 0 Å². The summed E-state index contributed by atoms with van der Waals surface area (Å²) in [7, 11) is 0. The van der Waals surface area contributed by atoms with Crippen LogP contribution >= 0.6 is 23.1 Å². The molecule has 34 heavy (non-hydrogen) atoms. The highest BCUT2D eigenvalue weighted by Gasteiger charge is 2.41. The van der Waals surface area contributed by atoms with Crippen LogP contribution in [0.2, 0.25) is 0 Å². The first-order valence-electron chi connectivity index (χ1n) is 11.2. The van der Waals surface area contributed by atoms with Crippen molar-refractivity contribution in [3.63, 3.8) is 0 Å². The molecule has 2 atom stereocenters. The van der Waals surface area contributed by atoms with E-state index < -0.39 is 34.8 Å². The van der Waals surface area contributed by atoms with Crippen LogP contribution in [-0.2, 0) is 25.6 Å². The smallest absolute Gasteiger partial charge is 0.408 e. The number of hydrogen-bond donors (Lipinski definition) is 2. The van der Waals surface area contributed by atoms with Crippen LogP contribution in [0.25, 0.3) is 0 Å². The number of aliphatic imine (C=N–C) groups is 1. The zero-order chi connectivity index (χ0) is 25.9. The summed E-state index contributed by atoms with van der Waals surface area (Å²) < 4.78 is 10.7. The summed E-state index contributed by atoms with van der Waals surface area (Å²) in [5, 5.41) is 8.72. The second-order valence-corrected chi connectivity index (χ2v) is 12.6. The Hall–Kier alpha value is -2.14. The molecule has 0 spiro atoms. The SMILES string of the molecule is CC(C)[C@H](NC(=O)[C@]1(C)CSC(c2csc(CNC(=O)OC(C)(C)C)n2)=N1)C(=O)OC(C)(C)C. The van der Waals surface area contributed by atoms with E-state index in [0.717, 1.165) is 0 Å². The van der Waals surface area contributed by atoms with Crippen LogP contribution < -0.4 is 10.6 Å². The van der Waals surface area contributed by atoms with Gasteiger partial charge < -0.3 is 20.1 Å². The molecule has 11 heteroatoms. The van der Waals surface area contributed by atoms with Crippen LogP contribution in [0.15, 0.2) is 10.4 Å². The maximum absolute atomic E-state index is 13.1. The lowest BCUT2D eigenvalue weighted by Crippen LogP contribution is -2.53. The molecule has 0 radical (unpaired) electrons. The first kappa shape index (κ1) is 28.1. The third kappa shape index (κ3) is 8.26. The number of rotatable bonds is 7. The lowest BCUT2D eigenvalue weighted by Gasteiger charge is -2.28. The van der Waals surface area contributed by atoms with Gasteiger partial charge in [-0.1, -0.05) is 13.8 Å². The number of carbonyl (C=O) groups excluding carboxylic acids is 3. The van der Waals surface area contributed by atoms with E-state index in [4.69, 9.17) is 9.47 Å². The molecule has 2 rings (SSSR count). The molecule has 0 aliphatic carbocycles. The predicted octanol–water partition coefficient (Wildman–Crippen LogP) is 3.90. The van der Waals surface area contributed by atoms with E-state index in [1.165, 1.54) is 23.1 Å². The number of alkyl carbamates (subject to hydrolysis) is 1. The topological polar surface area (TPSA) is 119 Å². The van der Waals surface area contributed by atoms with Crippen molar-refractivity contribution in [1.82, 2.24) is 15.6 Å². The van der Waals surface area contributed by atoms with Gasteiger partial charge in [0, 0.05) is 11.1 Å². The molecule has 9 nitrogen and oxygen atoms in total. The summed E-state index contributed by atoms with van der Waals surface area (Å²) >= 11 is 2.83. The summed E-state index contributed by atoms with van der Waals surface area (Å²) in [6, 6.07) is -0.766. The lowest BCUT2D eigenvalue weighted by molar-refractivity contribution is -0.160. The fourth-order valence-corrected chi connectivity index (χ4v) is 4.78. The van der Waals surface area contributed by atoms with Gasteiger partial charge in [-0.15, -0.1) is 23.1 Å². The molecule has 1 aromatic heterocycles. The van der Waals surface area contributed by atoms with Crippen molar-refractivity contribution in [3.8, 4) is 0 Å². The Labute approximate surface area is 209 Å². The van der Waals surface area contributed by atoms with Gasteiger partial charge in [-0.05, 0) is 54.4 Å². The molecule has 2 N–H and O–H groups in total. The fraction of sp³-hybridized carbons (Fsp3) is 0.696. The van der Waals surface area contributed by atoms with Crippen LogP contribution in [0.4, 0.5) is 4.79 Å². The third-order valence-electron chi connectivity index (χ3n) is 4.50. The number of aromatic nitrogens is 1. The second kappa shape index (κ2) is 10.6. The molecule has 2 amide bonds. The van der Waals surface area contributed by atoms with E-state index in [-0.39, 0.29) is 18.4 Å². The van der Waals surface area contributed by atoms with Crippen molar-refractivity contribution in [1.29, 1.82) is 0 Å². The molecule has 0 bridgehead atoms. The van der Waals surface area contributed by atoms with Gasteiger partial charge in [-0.3, -0.25) is 9.79 Å². The number of carbonyl (C=O) groups is 3. The van der Waals surface area contributed by atoms with Gasteiger partial charge in [-0.2, -0.15) is 0 Å². The van der Waals surface area contributed by atoms with E-state index in [2.05, 4.69) is 20.6 Å². The first-order chi connectivity index (χ1) is 15.5. The number of nitrogens with zero attached hydrogens (tertiary/aromatic N) is 2. The van der Waals surface area contributed by atoms with E-state index in [0.29, 0.717) is 21.5 Å². The number of thioether (sulfide) groups is 1. The number of thiazole rings is 1. The molecule has 0 saturated heterocycles. The van der Waals surface area contributed by atoms with Gasteiger partial charge in [0.15, 0.2) is 0 Å². The summed E-state index contributed by atoms with van der Waals surface area (Å²) in [4.78, 5) is 46.7. The standard InChI is InChI=1S/C23H36N4O5S2/c1-13(2)16(18(28)31-21(3,4)5)26-19(29)23(9)12-34-17(27-23)14-11-33-15(25-14)10-24-20(30)32-22(6,7)8/h11,13,16H,10,12H2,1-9H3,(H,24,30)(H,26,29)/t16-,23-/m0/s1. The second-order valence-electron chi connectivity index (χ2n) is 10.7. The zero-order valence-electron chi connectivity index (χ0n) is 21.4. The summed E-state index contributed by atoms with van der Waals surface area (Å²) in [6.45, 7) is 16.5. The molecule has 0 unspecified atom stereocenters. The van der Waals surface area contributed by atoms with Crippen LogP contribution in [-0.4, -0.2) is 56.5 Å². The van der Waals surface area contributed by atoms with Crippen molar-refractivity contribution < 1.29 is 23.9 Å². The minimum absolute atomic E-state index is 0.140. The normalized spacial score (nSPS) is 19.4. The van der Waals surface area contributed by atoms with Crippen molar-refractivity contribution in [3.05, 3.63) is 16.1 Å². The number of nitrogens with one attached hydrogen (secondary N) is 2. The van der Waals surface area contributed by atoms with Gasteiger partial charge >= 0.3 is 12.1 Å². The van der Waals surface area contributed by atoms with E-state index in [9.17, 15) is 14.4 Å². The van der Waals surface area contributed by atoms with Gasteiger partial charge in [0.05, 0.1) is 6.54 Å². The monoisotopic (exact) mass is 512 g/mol. The molecule has 0 aromatic carbocycles. The van der Waals surface area contributed by atoms with Crippen molar-refractivity contribution in [2.45, 2.75) is 91.6 Å². The third-order valence-corrected chi connectivity index (χ3v) is 6.62. The summed E-state index contributed by atoms with van der Waals surface area (Å²) in [5.41, 5.74) is -1.60. The quantitative estimate of drug-likeness (QED) is 0.532. The Balaban J connectivity index is 2.05. The summed E-state index contributed by atoms with van der Waals surface area (Å²) in [6.07, 6.45) is -0.509. The van der Waals surface area contributed by atoms with E-state index in [1.807, 2.05) is 19.2 Å². The zero-order valence-corrected chi connectivity index (χ0v) is 23.0. The number of esters is 1. The molecular formula is C23H36N4O5S2. The molecule has 190 valence electrons. The average Bonchev–Trinajstić information content (AvgIpc) is 3.28. The lowest BCUT2D eigenvalue weighted by atomic mass is 10.00. The molecule has 0 fully saturated rings. The van der Waals surface area contributed by atoms with E-state index in [1.54, 1.807) is 48.5 Å². The molecular weight excluding hydrogens is 476 g/mol. The highest BCUT2D eigenvalue weighted by atomic mass is 32.2. The first-order valence-corrected chi connectivity index (χ1v) is 13.0. The number of hydrogen-bond acceptors (Lipinski definition) is 9. The Morgan fingerprint density at radius 3 is 2.29 bits per heavy atom. The maximum Gasteiger partial charge on any atom is 0.408 e. The minimum atomic E-state index is -1.03. The largest absolute Gasteiger partial charge is 0.458 e. The molecule has 1 aromatic rings. The molecule has 2 heterocycles. The van der Waals surface area contributed by atoms with Crippen LogP contribution in [0.1, 0.15) is 73.0 Å². The molecule has 0 saturated carbocycles. The number of amides is 2. The number of ether oxygens (including phenoxy) is 2. The minimum Gasteiger partial charge on any atom is -0.458 e. The Morgan fingerprint density at radius 1 is 1.12 bits per heavy atom. The molecule has 1 aliphatic heterocycles. The van der Waals surface area contributed by atoms with Crippen LogP contribution in [0.5, 0.6) is 0 Å². The molecule has 1 aliphatic rings. The van der Waals surface area contributed by atoms with Gasteiger partial charge in [0.2, 0.25) is 5.91 Å². The van der Waals surface area contributed by atoms with Gasteiger partial charge in [-0.25, -0.2) is 14.6 Å². The van der Waals surface area contributed by atoms with Gasteiger partial charge in [0.1, 0.15) is 38.5 Å². The predicted molar refractivity (Wildman–Crippen MR) is 135 cm³/mol. The Kier molecular flexibility index (Phi) is 8.79. The fourth-order valence-electron chi connectivity index (χ4n) is 2.86. The highest BCUT2D eigenvalue weighted by molar-refractivity contribution is 8.14. The summed E-state index contributed by atoms with van der Waals surface area (Å²) in [5.74, 6) is -0.507. The van der Waals surface area contributed by atoms with Crippen molar-refractivity contribution >= 4 is 46.1 Å². The van der Waals surface area contributed by atoms with Crippen LogP contribution in [0.3, 0.4) is 0 Å². The van der Waals surface area contributed by atoms with Crippen LogP contribution in [0, 0.1) is 5.92 Å². The van der Waals surface area contributed by atoms with Crippen molar-refractivity contribution in [2.75, 3.05) is 5.75 Å².